The predicted molar refractivity (Wildman–Crippen MR) is 74.3 cm³/mol. The minimum absolute atomic E-state index is 0.448. The zero-order valence-electron chi connectivity index (χ0n) is 11.8. The highest BCUT2D eigenvalue weighted by Crippen LogP contribution is 2.37. The maximum absolute atomic E-state index is 5.96. The Bertz CT molecular complexity index is 372. The van der Waals surface area contributed by atoms with E-state index in [1.807, 2.05) is 12.5 Å². The number of nitrogens with zero attached hydrogens (tertiary/aromatic N) is 3. The Balaban J connectivity index is 2.28. The van der Waals surface area contributed by atoms with Gasteiger partial charge in [0.2, 0.25) is 0 Å². The number of hydrogen-bond acceptors (Lipinski definition) is 3. The fourth-order valence-electron chi connectivity index (χ4n) is 3.13. The average molecular weight is 250 g/mol. The maximum atomic E-state index is 5.96. The molecule has 0 radical (unpaired) electrons. The number of hydrogen-bond donors (Lipinski definition) is 1. The molecule has 0 aromatic carbocycles. The van der Waals surface area contributed by atoms with Crippen LogP contribution in [0.3, 0.4) is 0 Å². The summed E-state index contributed by atoms with van der Waals surface area (Å²) in [6.07, 6.45) is 6.34. The van der Waals surface area contributed by atoms with Gasteiger partial charge in [-0.2, -0.15) is 0 Å². The van der Waals surface area contributed by atoms with Gasteiger partial charge < -0.3 is 10.3 Å². The number of rotatable bonds is 5. The minimum Gasteiger partial charge on any atom is -0.333 e. The van der Waals surface area contributed by atoms with Crippen molar-refractivity contribution < 1.29 is 0 Å². The Labute approximate surface area is 110 Å². The van der Waals surface area contributed by atoms with Gasteiger partial charge in [0, 0.05) is 18.8 Å². The Kier molecular flexibility index (Phi) is 4.40. The van der Waals surface area contributed by atoms with Crippen LogP contribution in [0.5, 0.6) is 0 Å². The largest absolute Gasteiger partial charge is 0.333 e. The minimum atomic E-state index is 0.448. The third-order valence-corrected chi connectivity index (χ3v) is 4.04. The molecule has 102 valence electrons. The van der Waals surface area contributed by atoms with Crippen molar-refractivity contribution in [3.63, 3.8) is 0 Å². The molecule has 1 aromatic heterocycles. The molecule has 1 aromatic rings. The van der Waals surface area contributed by atoms with Gasteiger partial charge in [0.1, 0.15) is 0 Å². The number of likely N-dealkylation sites (tertiary alicyclic amines) is 1. The van der Waals surface area contributed by atoms with E-state index in [0.717, 1.165) is 26.1 Å². The highest BCUT2D eigenvalue weighted by molar-refractivity contribution is 5.11. The molecule has 2 N–H and O–H groups in total. The highest BCUT2D eigenvalue weighted by atomic mass is 15.2. The molecular weight excluding hydrogens is 224 g/mol. The Morgan fingerprint density at radius 1 is 1.50 bits per heavy atom. The van der Waals surface area contributed by atoms with E-state index in [-0.39, 0.29) is 0 Å². The first kappa shape index (κ1) is 13.6. The molecular formula is C14H26N4. The van der Waals surface area contributed by atoms with Gasteiger partial charge in [0.15, 0.2) is 0 Å². The summed E-state index contributed by atoms with van der Waals surface area (Å²) in [4.78, 5) is 6.91. The third-order valence-electron chi connectivity index (χ3n) is 4.04. The average Bonchev–Trinajstić information content (AvgIpc) is 2.93. The first-order valence-corrected chi connectivity index (χ1v) is 7.14. The fourth-order valence-corrected chi connectivity index (χ4v) is 3.13. The van der Waals surface area contributed by atoms with Crippen molar-refractivity contribution in [1.82, 2.24) is 14.5 Å². The third kappa shape index (κ3) is 2.45. The summed E-state index contributed by atoms with van der Waals surface area (Å²) in [5, 5.41) is 0. The number of nitrogens with two attached hydrogens (primary N) is 1. The smallest absolute Gasteiger partial charge is 0.0948 e. The molecule has 0 saturated carbocycles. The van der Waals surface area contributed by atoms with Crippen molar-refractivity contribution >= 4 is 0 Å². The molecule has 1 aliphatic rings. The molecule has 1 saturated heterocycles. The van der Waals surface area contributed by atoms with Crippen LogP contribution in [-0.4, -0.2) is 33.6 Å². The summed E-state index contributed by atoms with van der Waals surface area (Å²) < 4.78 is 2.30. The van der Waals surface area contributed by atoms with E-state index < -0.39 is 0 Å². The van der Waals surface area contributed by atoms with Crippen LogP contribution in [0.2, 0.25) is 0 Å². The van der Waals surface area contributed by atoms with E-state index in [1.54, 1.807) is 0 Å². The summed E-state index contributed by atoms with van der Waals surface area (Å²) in [5.74, 6) is 0.569. The lowest BCUT2D eigenvalue weighted by Crippen LogP contribution is -2.34. The summed E-state index contributed by atoms with van der Waals surface area (Å²) >= 11 is 0. The summed E-state index contributed by atoms with van der Waals surface area (Å²) in [6.45, 7) is 9.72. The van der Waals surface area contributed by atoms with Crippen LogP contribution >= 0.6 is 0 Å². The van der Waals surface area contributed by atoms with Gasteiger partial charge in [-0.25, -0.2) is 4.98 Å². The Morgan fingerprint density at radius 3 is 2.89 bits per heavy atom. The summed E-state index contributed by atoms with van der Waals surface area (Å²) in [5.41, 5.74) is 7.31. The molecule has 2 rings (SSSR count). The van der Waals surface area contributed by atoms with Crippen molar-refractivity contribution in [2.24, 2.45) is 11.7 Å². The second-order valence-electron chi connectivity index (χ2n) is 5.57. The van der Waals surface area contributed by atoms with E-state index in [1.165, 1.54) is 12.1 Å². The van der Waals surface area contributed by atoms with Crippen LogP contribution in [0.15, 0.2) is 12.5 Å². The van der Waals surface area contributed by atoms with E-state index in [0.29, 0.717) is 18.0 Å². The lowest BCUT2D eigenvalue weighted by molar-refractivity contribution is 0.177. The lowest BCUT2D eigenvalue weighted by Gasteiger charge is -2.31. The number of aryl methyl sites for hydroxylation is 1. The van der Waals surface area contributed by atoms with E-state index >= 15 is 0 Å². The summed E-state index contributed by atoms with van der Waals surface area (Å²) in [6, 6.07) is 1.01. The monoisotopic (exact) mass is 250 g/mol. The highest BCUT2D eigenvalue weighted by Gasteiger charge is 2.37. The van der Waals surface area contributed by atoms with E-state index in [9.17, 15) is 0 Å². The van der Waals surface area contributed by atoms with Crippen LogP contribution in [0.1, 0.15) is 45.3 Å². The molecule has 2 atom stereocenters. The van der Waals surface area contributed by atoms with Crippen molar-refractivity contribution in [3.05, 3.63) is 18.2 Å². The molecule has 2 unspecified atom stereocenters. The molecule has 0 amide bonds. The molecule has 0 spiro atoms. The summed E-state index contributed by atoms with van der Waals surface area (Å²) in [7, 11) is 0. The molecule has 4 heteroatoms. The quantitative estimate of drug-likeness (QED) is 0.869. The zero-order valence-corrected chi connectivity index (χ0v) is 11.8. The molecule has 0 aliphatic carbocycles. The van der Waals surface area contributed by atoms with Gasteiger partial charge in [-0.05, 0) is 45.7 Å². The first-order chi connectivity index (χ1) is 8.69. The van der Waals surface area contributed by atoms with Crippen LogP contribution in [0, 0.1) is 5.92 Å². The van der Waals surface area contributed by atoms with Gasteiger partial charge in [-0.3, -0.25) is 4.90 Å². The molecule has 1 aliphatic heterocycles. The van der Waals surface area contributed by atoms with Crippen molar-refractivity contribution in [3.8, 4) is 0 Å². The van der Waals surface area contributed by atoms with Crippen LogP contribution < -0.4 is 5.73 Å². The van der Waals surface area contributed by atoms with Gasteiger partial charge in [-0.1, -0.05) is 6.92 Å². The Morgan fingerprint density at radius 2 is 2.28 bits per heavy atom. The zero-order chi connectivity index (χ0) is 13.1. The maximum Gasteiger partial charge on any atom is 0.0948 e. The van der Waals surface area contributed by atoms with Gasteiger partial charge >= 0.3 is 0 Å². The standard InChI is InChI=1S/C14H26N4/c1-4-6-17-10-16-9-13(17)14-12(8-15)5-7-18(14)11(2)3/h9-12,14H,4-8,15H2,1-3H3. The second kappa shape index (κ2) is 5.85. The predicted octanol–water partition coefficient (Wildman–Crippen LogP) is 2.02. The number of imidazole rings is 1. The van der Waals surface area contributed by atoms with Crippen LogP contribution in [0.25, 0.3) is 0 Å². The fraction of sp³-hybridized carbons (Fsp3) is 0.786. The molecule has 18 heavy (non-hydrogen) atoms. The normalized spacial score (nSPS) is 25.2. The molecule has 2 heterocycles. The van der Waals surface area contributed by atoms with Crippen molar-refractivity contribution in [1.29, 1.82) is 0 Å². The van der Waals surface area contributed by atoms with Gasteiger partial charge in [-0.15, -0.1) is 0 Å². The van der Waals surface area contributed by atoms with Crippen molar-refractivity contribution in [2.45, 2.75) is 52.2 Å². The molecule has 0 bridgehead atoms. The lowest BCUT2D eigenvalue weighted by atomic mass is 9.97. The Hall–Kier alpha value is -0.870. The topological polar surface area (TPSA) is 47.1 Å². The first-order valence-electron chi connectivity index (χ1n) is 7.14. The van der Waals surface area contributed by atoms with Crippen LogP contribution in [-0.2, 0) is 6.54 Å². The number of aromatic nitrogens is 2. The molecule has 1 fully saturated rings. The van der Waals surface area contributed by atoms with E-state index in [4.69, 9.17) is 5.73 Å². The van der Waals surface area contributed by atoms with Gasteiger partial charge in [0.25, 0.3) is 0 Å². The van der Waals surface area contributed by atoms with Crippen molar-refractivity contribution in [2.75, 3.05) is 13.1 Å². The molecule has 4 nitrogen and oxygen atoms in total. The van der Waals surface area contributed by atoms with Crippen LogP contribution in [0.4, 0.5) is 0 Å². The SMILES string of the molecule is CCCn1cncc1C1C(CN)CCN1C(C)C. The second-order valence-corrected chi connectivity index (χ2v) is 5.57. The van der Waals surface area contributed by atoms with Gasteiger partial charge in [0.05, 0.1) is 18.1 Å². The van der Waals surface area contributed by atoms with E-state index in [2.05, 4.69) is 35.2 Å².